The lowest BCUT2D eigenvalue weighted by Crippen LogP contribution is -2.28. The van der Waals surface area contributed by atoms with E-state index >= 15 is 0 Å². The van der Waals surface area contributed by atoms with E-state index < -0.39 is 12.3 Å². The van der Waals surface area contributed by atoms with Crippen molar-refractivity contribution >= 4 is 5.91 Å². The molecule has 1 aliphatic heterocycles. The quantitative estimate of drug-likeness (QED) is 0.562. The molecular weight excluding hydrogens is 152 g/mol. The molecule has 1 amide bonds. The van der Waals surface area contributed by atoms with Crippen LogP contribution in [-0.2, 0) is 4.79 Å². The molecule has 11 heavy (non-hydrogen) atoms. The van der Waals surface area contributed by atoms with E-state index in [9.17, 15) is 13.6 Å². The van der Waals surface area contributed by atoms with Crippen LogP contribution in [0.25, 0.3) is 0 Å². The molecule has 2 atom stereocenters. The Hall–Kier alpha value is -0.670. The van der Waals surface area contributed by atoms with Crippen LogP contribution in [0.4, 0.5) is 8.78 Å². The fraction of sp³-hybridized carbons (Fsp3) is 0.857. The summed E-state index contributed by atoms with van der Waals surface area (Å²) in [5.41, 5.74) is 0. The first kappa shape index (κ1) is 8.43. The number of amides is 1. The predicted molar refractivity (Wildman–Crippen MR) is 36.7 cm³/mol. The number of nitrogens with zero attached hydrogens (tertiary/aromatic N) is 1. The van der Waals surface area contributed by atoms with Gasteiger partial charge in [-0.25, -0.2) is 8.78 Å². The lowest BCUT2D eigenvalue weighted by Gasteiger charge is -2.12. The zero-order valence-electron chi connectivity index (χ0n) is 6.39. The molecule has 4 heteroatoms. The maximum Gasteiger partial charge on any atom is 0.222 e. The SMILES string of the molecule is CCC(=O)N1C[C@@H](F)[C@H](F)C1. The van der Waals surface area contributed by atoms with Gasteiger partial charge in [0.1, 0.15) is 0 Å². The highest BCUT2D eigenvalue weighted by atomic mass is 19.2. The first-order chi connectivity index (χ1) is 5.15. The van der Waals surface area contributed by atoms with Gasteiger partial charge in [0.2, 0.25) is 5.91 Å². The topological polar surface area (TPSA) is 20.3 Å². The molecule has 0 bridgehead atoms. The van der Waals surface area contributed by atoms with Gasteiger partial charge < -0.3 is 4.90 Å². The van der Waals surface area contributed by atoms with Gasteiger partial charge in [0.25, 0.3) is 0 Å². The summed E-state index contributed by atoms with van der Waals surface area (Å²) in [5, 5.41) is 0. The van der Waals surface area contributed by atoms with Gasteiger partial charge in [-0.15, -0.1) is 0 Å². The molecular formula is C7H11F2NO. The number of rotatable bonds is 1. The molecule has 0 N–H and O–H groups in total. The van der Waals surface area contributed by atoms with E-state index in [0.717, 1.165) is 0 Å². The second-order valence-electron chi connectivity index (χ2n) is 2.68. The predicted octanol–water partition coefficient (Wildman–Crippen LogP) is 0.915. The Kier molecular flexibility index (Phi) is 2.42. The summed E-state index contributed by atoms with van der Waals surface area (Å²) in [5.74, 6) is -0.173. The lowest BCUT2D eigenvalue weighted by molar-refractivity contribution is -0.130. The van der Waals surface area contributed by atoms with Gasteiger partial charge >= 0.3 is 0 Å². The van der Waals surface area contributed by atoms with Crippen molar-refractivity contribution in [2.24, 2.45) is 0 Å². The average molecular weight is 163 g/mol. The number of alkyl halides is 2. The third kappa shape index (κ3) is 1.67. The minimum absolute atomic E-state index is 0.0756. The summed E-state index contributed by atoms with van der Waals surface area (Å²) in [7, 11) is 0. The smallest absolute Gasteiger partial charge is 0.222 e. The average Bonchev–Trinajstić information content (AvgIpc) is 2.31. The number of likely N-dealkylation sites (tertiary alicyclic amines) is 1. The Morgan fingerprint density at radius 3 is 2.27 bits per heavy atom. The van der Waals surface area contributed by atoms with E-state index in [0.29, 0.717) is 6.42 Å². The molecule has 0 aromatic carbocycles. The molecule has 0 aliphatic carbocycles. The standard InChI is InChI=1S/C7H11F2NO/c1-2-7(11)10-3-5(8)6(9)4-10/h5-6H,2-4H2,1H3/t5-,6-/m1/s1. The van der Waals surface area contributed by atoms with Crippen LogP contribution in [0.15, 0.2) is 0 Å². The van der Waals surface area contributed by atoms with Gasteiger partial charge in [0.15, 0.2) is 12.3 Å². The van der Waals surface area contributed by atoms with E-state index in [1.54, 1.807) is 6.92 Å². The monoisotopic (exact) mass is 163 g/mol. The number of halogens is 2. The fourth-order valence-electron chi connectivity index (χ4n) is 1.15. The van der Waals surface area contributed by atoms with Gasteiger partial charge in [0, 0.05) is 6.42 Å². The van der Waals surface area contributed by atoms with Crippen LogP contribution in [0.3, 0.4) is 0 Å². The van der Waals surface area contributed by atoms with Crippen molar-refractivity contribution in [1.29, 1.82) is 0 Å². The molecule has 0 radical (unpaired) electrons. The molecule has 1 saturated heterocycles. The van der Waals surface area contributed by atoms with Crippen molar-refractivity contribution in [2.45, 2.75) is 25.7 Å². The van der Waals surface area contributed by atoms with Crippen LogP contribution in [0.2, 0.25) is 0 Å². The molecule has 0 spiro atoms. The van der Waals surface area contributed by atoms with Gasteiger partial charge in [-0.3, -0.25) is 4.79 Å². The number of carbonyl (C=O) groups excluding carboxylic acids is 1. The second-order valence-corrected chi connectivity index (χ2v) is 2.68. The summed E-state index contributed by atoms with van der Waals surface area (Å²) in [6.45, 7) is 1.53. The highest BCUT2D eigenvalue weighted by molar-refractivity contribution is 5.76. The number of carbonyl (C=O) groups is 1. The molecule has 2 nitrogen and oxygen atoms in total. The van der Waals surface area contributed by atoms with Crippen LogP contribution in [0.5, 0.6) is 0 Å². The van der Waals surface area contributed by atoms with Crippen LogP contribution < -0.4 is 0 Å². The molecule has 0 aromatic rings. The molecule has 1 rings (SSSR count). The van der Waals surface area contributed by atoms with Crippen molar-refractivity contribution in [3.05, 3.63) is 0 Å². The van der Waals surface area contributed by atoms with Crippen LogP contribution >= 0.6 is 0 Å². The number of hydrogen-bond acceptors (Lipinski definition) is 1. The maximum absolute atomic E-state index is 12.5. The minimum atomic E-state index is -1.48. The Bertz CT molecular complexity index is 153. The number of hydrogen-bond donors (Lipinski definition) is 0. The Morgan fingerprint density at radius 1 is 1.45 bits per heavy atom. The van der Waals surface area contributed by atoms with E-state index in [2.05, 4.69) is 0 Å². The van der Waals surface area contributed by atoms with E-state index in [-0.39, 0.29) is 19.0 Å². The normalized spacial score (nSPS) is 31.0. The zero-order valence-corrected chi connectivity index (χ0v) is 6.39. The van der Waals surface area contributed by atoms with E-state index in [1.807, 2.05) is 0 Å². The van der Waals surface area contributed by atoms with Gasteiger partial charge in [-0.05, 0) is 0 Å². The molecule has 1 aliphatic rings. The molecule has 0 saturated carbocycles. The molecule has 64 valence electrons. The highest BCUT2D eigenvalue weighted by Crippen LogP contribution is 2.16. The van der Waals surface area contributed by atoms with Crippen molar-refractivity contribution in [3.8, 4) is 0 Å². The van der Waals surface area contributed by atoms with Crippen molar-refractivity contribution < 1.29 is 13.6 Å². The van der Waals surface area contributed by atoms with Gasteiger partial charge in [-0.1, -0.05) is 6.92 Å². The summed E-state index contributed by atoms with van der Waals surface area (Å²) < 4.78 is 25.0. The Labute approximate surface area is 64.2 Å². The fourth-order valence-corrected chi connectivity index (χ4v) is 1.15. The first-order valence-corrected chi connectivity index (χ1v) is 3.71. The third-order valence-corrected chi connectivity index (χ3v) is 1.84. The van der Waals surface area contributed by atoms with E-state index in [1.165, 1.54) is 4.90 Å². The summed E-state index contributed by atoms with van der Waals surface area (Å²) in [4.78, 5) is 12.1. The second kappa shape index (κ2) is 3.15. The molecule has 1 fully saturated rings. The van der Waals surface area contributed by atoms with Crippen LogP contribution in [0.1, 0.15) is 13.3 Å². The largest absolute Gasteiger partial charge is 0.337 e. The van der Waals surface area contributed by atoms with Crippen molar-refractivity contribution in [1.82, 2.24) is 4.90 Å². The lowest BCUT2D eigenvalue weighted by atomic mass is 10.3. The first-order valence-electron chi connectivity index (χ1n) is 3.71. The van der Waals surface area contributed by atoms with E-state index in [4.69, 9.17) is 0 Å². The van der Waals surface area contributed by atoms with Gasteiger partial charge in [0.05, 0.1) is 13.1 Å². The Morgan fingerprint density at radius 2 is 1.91 bits per heavy atom. The van der Waals surface area contributed by atoms with Gasteiger partial charge in [-0.2, -0.15) is 0 Å². The van der Waals surface area contributed by atoms with Crippen LogP contribution in [-0.4, -0.2) is 36.2 Å². The summed E-state index contributed by atoms with van der Waals surface area (Å²) >= 11 is 0. The van der Waals surface area contributed by atoms with Crippen molar-refractivity contribution in [3.63, 3.8) is 0 Å². The highest BCUT2D eigenvalue weighted by Gasteiger charge is 2.34. The van der Waals surface area contributed by atoms with Crippen LogP contribution in [0, 0.1) is 0 Å². The summed E-state index contributed by atoms with van der Waals surface area (Å²) in [6, 6.07) is 0. The molecule has 1 heterocycles. The maximum atomic E-state index is 12.5. The summed E-state index contributed by atoms with van der Waals surface area (Å²) in [6.07, 6.45) is -2.64. The minimum Gasteiger partial charge on any atom is -0.337 e. The Balaban J connectivity index is 2.46. The third-order valence-electron chi connectivity index (χ3n) is 1.84. The molecule has 0 unspecified atom stereocenters. The zero-order chi connectivity index (χ0) is 8.43. The molecule has 0 aromatic heterocycles. The van der Waals surface area contributed by atoms with Crippen molar-refractivity contribution in [2.75, 3.05) is 13.1 Å².